The quantitative estimate of drug-likeness (QED) is 0.499. The third kappa shape index (κ3) is 4.32. The van der Waals surface area contributed by atoms with Crippen LogP contribution in [0.4, 0.5) is 11.4 Å². The van der Waals surface area contributed by atoms with Gasteiger partial charge in [0.2, 0.25) is 11.8 Å². The number of benzene rings is 2. The number of aliphatic hydroxyl groups is 1. The van der Waals surface area contributed by atoms with E-state index in [2.05, 4.69) is 0 Å². The number of hydrogen-bond donors (Lipinski definition) is 1. The number of likely N-dealkylation sites (tertiary alicyclic amines) is 1. The Hall–Kier alpha value is -3.95. The molecule has 4 aliphatic rings. The zero-order valence-corrected chi connectivity index (χ0v) is 25.2. The Labute approximate surface area is 252 Å². The van der Waals surface area contributed by atoms with Crippen molar-refractivity contribution in [2.24, 2.45) is 11.8 Å². The molecule has 0 aliphatic carbocycles. The van der Waals surface area contributed by atoms with Crippen molar-refractivity contribution in [2.45, 2.75) is 51.4 Å². The van der Waals surface area contributed by atoms with Gasteiger partial charge in [0.1, 0.15) is 17.4 Å². The topological polar surface area (TPSA) is 99.6 Å². The van der Waals surface area contributed by atoms with E-state index in [4.69, 9.17) is 9.47 Å². The number of β-amino-alcohol motifs (C(OH)–C–C–N with tert-alkyl or cyclic N) is 1. The zero-order valence-electron chi connectivity index (χ0n) is 25.2. The molecule has 3 amide bonds. The van der Waals surface area contributed by atoms with E-state index in [-0.39, 0.29) is 30.9 Å². The van der Waals surface area contributed by atoms with Crippen LogP contribution in [-0.2, 0) is 19.1 Å². The minimum atomic E-state index is -1.38. The third-order valence-corrected chi connectivity index (χ3v) is 9.45. The van der Waals surface area contributed by atoms with Crippen molar-refractivity contribution in [3.63, 3.8) is 0 Å². The van der Waals surface area contributed by atoms with Crippen molar-refractivity contribution in [1.29, 1.82) is 0 Å². The summed E-state index contributed by atoms with van der Waals surface area (Å²) in [5, 5.41) is 10.0. The number of hydrogen-bond acceptors (Lipinski definition) is 6. The van der Waals surface area contributed by atoms with Gasteiger partial charge in [0.05, 0.1) is 30.7 Å². The molecule has 0 bridgehead atoms. The minimum Gasteiger partial charge on any atom is -0.494 e. The predicted molar refractivity (Wildman–Crippen MR) is 163 cm³/mol. The lowest BCUT2D eigenvalue weighted by Gasteiger charge is -2.38. The number of aryl methyl sites for hydroxylation is 2. The Morgan fingerprint density at radius 3 is 2.21 bits per heavy atom. The molecule has 43 heavy (non-hydrogen) atoms. The first-order valence-electron chi connectivity index (χ1n) is 15.1. The summed E-state index contributed by atoms with van der Waals surface area (Å²) in [5.41, 5.74) is 0.909. The van der Waals surface area contributed by atoms with Crippen LogP contribution >= 0.6 is 0 Å². The molecule has 9 heteroatoms. The van der Waals surface area contributed by atoms with Crippen molar-refractivity contribution in [3.8, 4) is 5.75 Å². The van der Waals surface area contributed by atoms with Gasteiger partial charge in [-0.15, -0.1) is 0 Å². The van der Waals surface area contributed by atoms with Crippen molar-refractivity contribution < 1.29 is 29.0 Å². The summed E-state index contributed by atoms with van der Waals surface area (Å²) in [4.78, 5) is 48.5. The zero-order chi connectivity index (χ0) is 30.5. The monoisotopic (exact) mass is 585 g/mol. The average molecular weight is 586 g/mol. The van der Waals surface area contributed by atoms with Crippen LogP contribution in [0.15, 0.2) is 66.8 Å². The number of aliphatic hydroxyl groups excluding tert-OH is 1. The van der Waals surface area contributed by atoms with Crippen LogP contribution in [0.5, 0.6) is 5.75 Å². The Morgan fingerprint density at radius 2 is 1.56 bits per heavy atom. The van der Waals surface area contributed by atoms with Gasteiger partial charge in [-0.05, 0) is 62.6 Å². The molecule has 1 spiro atoms. The number of carbonyl (C=O) groups is 3. The van der Waals surface area contributed by atoms with Gasteiger partial charge in [-0.2, -0.15) is 0 Å². The van der Waals surface area contributed by atoms with Crippen LogP contribution in [0.3, 0.4) is 0 Å². The van der Waals surface area contributed by atoms with Gasteiger partial charge in [0.15, 0.2) is 0 Å². The van der Waals surface area contributed by atoms with E-state index in [1.165, 1.54) is 4.90 Å². The first-order chi connectivity index (χ1) is 20.7. The molecular weight excluding hydrogens is 546 g/mol. The van der Waals surface area contributed by atoms with Gasteiger partial charge in [-0.1, -0.05) is 49.4 Å². The maximum Gasteiger partial charge on any atom is 0.253 e. The summed E-state index contributed by atoms with van der Waals surface area (Å²) >= 11 is 0. The van der Waals surface area contributed by atoms with Gasteiger partial charge in [-0.3, -0.25) is 14.4 Å². The standard InChI is InChI=1S/C34H39N3O6/c1-5-33-16-8-18-35(24-12-14-25(15-13-24)42-6-2)30(39)26(33)27-31(40)37(20-21-38)29-32(41)36(19-9-17-34(27,29)43-33)28-22(3)10-7-11-23(28)4/h7-17,26-27,29,38H,5-6,18-21H2,1-4H3/t26-,27+,29?,33+,34+/m1/s1. The van der Waals surface area contributed by atoms with Gasteiger partial charge in [-0.25, -0.2) is 0 Å². The lowest BCUT2D eigenvalue weighted by atomic mass is 9.73. The Morgan fingerprint density at radius 1 is 0.884 bits per heavy atom. The second-order valence-corrected chi connectivity index (χ2v) is 11.7. The van der Waals surface area contributed by atoms with Crippen molar-refractivity contribution in [3.05, 3.63) is 77.9 Å². The van der Waals surface area contributed by atoms with Crippen LogP contribution in [0.1, 0.15) is 31.4 Å². The highest BCUT2D eigenvalue weighted by molar-refractivity contribution is 6.08. The fourth-order valence-corrected chi connectivity index (χ4v) is 7.66. The van der Waals surface area contributed by atoms with Crippen LogP contribution in [0.2, 0.25) is 0 Å². The predicted octanol–water partition coefficient (Wildman–Crippen LogP) is 3.56. The number of carbonyl (C=O) groups excluding carboxylic acids is 3. The Balaban J connectivity index is 1.46. The summed E-state index contributed by atoms with van der Waals surface area (Å²) < 4.78 is 12.6. The molecule has 4 heterocycles. The van der Waals surface area contributed by atoms with Crippen LogP contribution in [0, 0.1) is 25.7 Å². The molecule has 5 atom stereocenters. The smallest absolute Gasteiger partial charge is 0.253 e. The molecule has 2 aromatic rings. The molecule has 2 fully saturated rings. The summed E-state index contributed by atoms with van der Waals surface area (Å²) in [6, 6.07) is 12.2. The lowest BCUT2D eigenvalue weighted by Crippen LogP contribution is -2.56. The Bertz CT molecular complexity index is 1480. The maximum absolute atomic E-state index is 14.6. The number of rotatable bonds is 7. The summed E-state index contributed by atoms with van der Waals surface area (Å²) in [7, 11) is 0. The lowest BCUT2D eigenvalue weighted by molar-refractivity contribution is -0.146. The van der Waals surface area contributed by atoms with E-state index >= 15 is 0 Å². The fraction of sp³-hybridized carbons (Fsp3) is 0.441. The molecular formula is C34H39N3O6. The van der Waals surface area contributed by atoms with E-state index < -0.39 is 29.1 Å². The summed E-state index contributed by atoms with van der Waals surface area (Å²) in [6.45, 7) is 8.58. The molecule has 0 radical (unpaired) electrons. The molecule has 1 N–H and O–H groups in total. The number of ether oxygens (including phenoxy) is 2. The molecule has 2 saturated heterocycles. The van der Waals surface area contributed by atoms with Gasteiger partial charge >= 0.3 is 0 Å². The van der Waals surface area contributed by atoms with Gasteiger partial charge in [0, 0.05) is 31.0 Å². The molecule has 0 saturated carbocycles. The summed E-state index contributed by atoms with van der Waals surface area (Å²) in [6.07, 6.45) is 8.02. The third-order valence-electron chi connectivity index (χ3n) is 9.45. The molecule has 4 aliphatic heterocycles. The molecule has 1 unspecified atom stereocenters. The average Bonchev–Trinajstić information content (AvgIpc) is 3.27. The second-order valence-electron chi connectivity index (χ2n) is 11.7. The van der Waals surface area contributed by atoms with Crippen molar-refractivity contribution in [2.75, 3.05) is 42.6 Å². The maximum atomic E-state index is 14.6. The number of nitrogens with zero attached hydrogens (tertiary/aromatic N) is 3. The molecule has 226 valence electrons. The highest BCUT2D eigenvalue weighted by Gasteiger charge is 2.75. The highest BCUT2D eigenvalue weighted by Crippen LogP contribution is 2.58. The molecule has 0 aromatic heterocycles. The fourth-order valence-electron chi connectivity index (χ4n) is 7.66. The molecule has 9 nitrogen and oxygen atoms in total. The van der Waals surface area contributed by atoms with E-state index in [0.29, 0.717) is 37.6 Å². The normalized spacial score (nSPS) is 29.8. The van der Waals surface area contributed by atoms with Crippen LogP contribution in [-0.4, -0.2) is 77.8 Å². The largest absolute Gasteiger partial charge is 0.494 e. The first kappa shape index (κ1) is 29.1. The van der Waals surface area contributed by atoms with Crippen molar-refractivity contribution >= 4 is 29.1 Å². The molecule has 2 aromatic carbocycles. The number of para-hydroxylation sites is 1. The van der Waals surface area contributed by atoms with Crippen LogP contribution in [0.25, 0.3) is 0 Å². The van der Waals surface area contributed by atoms with E-state index in [1.54, 1.807) is 9.80 Å². The van der Waals surface area contributed by atoms with E-state index in [1.807, 2.05) is 94.5 Å². The Kier molecular flexibility index (Phi) is 7.42. The molecule has 6 rings (SSSR count). The number of anilines is 2. The first-order valence-corrected chi connectivity index (χ1v) is 15.1. The number of fused-ring (bicyclic) bond motifs is 2. The van der Waals surface area contributed by atoms with Gasteiger partial charge < -0.3 is 29.3 Å². The van der Waals surface area contributed by atoms with Gasteiger partial charge in [0.25, 0.3) is 5.91 Å². The second kappa shape index (κ2) is 11.0. The minimum absolute atomic E-state index is 0.0379. The SMILES string of the molecule is CCOc1ccc(N2CC=C[C@]3(CC)O[C@]45C=CCN(c6c(C)cccc6C)C(=O)C4N(CCO)C(=O)[C@@H]5[C@@H]3C2=O)cc1. The highest BCUT2D eigenvalue weighted by atomic mass is 16.5. The van der Waals surface area contributed by atoms with E-state index in [9.17, 15) is 19.5 Å². The van der Waals surface area contributed by atoms with Crippen LogP contribution < -0.4 is 14.5 Å². The van der Waals surface area contributed by atoms with Crippen molar-refractivity contribution in [1.82, 2.24) is 4.90 Å². The number of amides is 3. The van der Waals surface area contributed by atoms with E-state index in [0.717, 1.165) is 16.8 Å². The summed E-state index contributed by atoms with van der Waals surface area (Å²) in [5.74, 6) is -1.97.